The summed E-state index contributed by atoms with van der Waals surface area (Å²) in [5, 5.41) is 0. The van der Waals surface area contributed by atoms with Gasteiger partial charge in [-0.25, -0.2) is 8.42 Å². The molecule has 0 heterocycles. The van der Waals surface area contributed by atoms with Gasteiger partial charge in [0.25, 0.3) is 10.0 Å². The van der Waals surface area contributed by atoms with Crippen LogP contribution >= 0.6 is 0 Å². The smallest absolute Gasteiger partial charge is 0.257 e. The molecule has 0 bridgehead atoms. The number of hydrogen-bond donors (Lipinski definition) is 2. The van der Waals surface area contributed by atoms with Gasteiger partial charge in [-0.1, -0.05) is 42.5 Å². The second kappa shape index (κ2) is 5.59. The van der Waals surface area contributed by atoms with E-state index in [1.807, 2.05) is 49.4 Å². The third-order valence-corrected chi connectivity index (χ3v) is 5.18. The summed E-state index contributed by atoms with van der Waals surface area (Å²) >= 11 is 0. The van der Waals surface area contributed by atoms with Crippen LogP contribution in [0.25, 0.3) is 5.70 Å². The van der Waals surface area contributed by atoms with Crippen LogP contribution in [0.2, 0.25) is 0 Å². The highest BCUT2D eigenvalue weighted by Gasteiger charge is 2.19. The molecule has 0 unspecified atom stereocenters. The van der Waals surface area contributed by atoms with Gasteiger partial charge >= 0.3 is 0 Å². The van der Waals surface area contributed by atoms with E-state index >= 15 is 0 Å². The Morgan fingerprint density at radius 3 is 2.64 bits per heavy atom. The van der Waals surface area contributed by atoms with Gasteiger partial charge < -0.3 is 5.43 Å². The van der Waals surface area contributed by atoms with E-state index in [2.05, 4.69) is 10.3 Å². The Kier molecular flexibility index (Phi) is 3.76. The first-order valence-electron chi connectivity index (χ1n) is 7.11. The molecule has 1 aliphatic carbocycles. The average Bonchev–Trinajstić information content (AvgIpc) is 2.91. The lowest BCUT2D eigenvalue weighted by Gasteiger charge is -2.13. The average molecular weight is 314 g/mol. The summed E-state index contributed by atoms with van der Waals surface area (Å²) in [7, 11) is -3.61. The molecule has 0 amide bonds. The van der Waals surface area contributed by atoms with Gasteiger partial charge in [-0.2, -0.15) is 0 Å². The first-order chi connectivity index (χ1) is 10.5. The highest BCUT2D eigenvalue weighted by molar-refractivity contribution is 7.89. The number of hydrogen-bond acceptors (Lipinski definition) is 3. The van der Waals surface area contributed by atoms with E-state index in [-0.39, 0.29) is 0 Å². The Balaban J connectivity index is 1.81. The molecule has 0 aromatic heterocycles. The highest BCUT2D eigenvalue weighted by Crippen LogP contribution is 2.24. The van der Waals surface area contributed by atoms with Gasteiger partial charge in [0.1, 0.15) is 0 Å². The van der Waals surface area contributed by atoms with Crippen LogP contribution < -0.4 is 10.3 Å². The number of fused-ring (bicyclic) bond motifs is 1. The monoisotopic (exact) mass is 314 g/mol. The standard InChI is InChI=1S/C17H18N2O2S/c1-12-7-8-13(2)17(11-12)22(20,21)19-18-16-10-9-14-5-3-4-6-15(14)16/h3-8,10-11,18-19H,9H2,1-2H3. The Morgan fingerprint density at radius 2 is 1.82 bits per heavy atom. The van der Waals surface area contributed by atoms with Crippen LogP contribution in [-0.2, 0) is 16.4 Å². The van der Waals surface area contributed by atoms with E-state index in [0.717, 1.165) is 28.8 Å². The maximum absolute atomic E-state index is 12.5. The fraction of sp³-hybridized carbons (Fsp3) is 0.176. The Bertz CT molecular complexity index is 855. The molecule has 3 rings (SSSR count). The minimum Gasteiger partial charge on any atom is -0.308 e. The van der Waals surface area contributed by atoms with Gasteiger partial charge in [0.15, 0.2) is 0 Å². The summed E-state index contributed by atoms with van der Waals surface area (Å²) in [5.74, 6) is 0. The summed E-state index contributed by atoms with van der Waals surface area (Å²) in [5.41, 5.74) is 7.50. The van der Waals surface area contributed by atoms with E-state index < -0.39 is 10.0 Å². The van der Waals surface area contributed by atoms with Crippen molar-refractivity contribution in [3.05, 3.63) is 70.8 Å². The zero-order chi connectivity index (χ0) is 15.7. The van der Waals surface area contributed by atoms with E-state index in [9.17, 15) is 8.42 Å². The van der Waals surface area contributed by atoms with Crippen molar-refractivity contribution in [1.82, 2.24) is 10.3 Å². The third kappa shape index (κ3) is 2.77. The van der Waals surface area contributed by atoms with Crippen LogP contribution in [0.3, 0.4) is 0 Å². The first-order valence-corrected chi connectivity index (χ1v) is 8.59. The van der Waals surface area contributed by atoms with Gasteiger partial charge in [-0.05, 0) is 43.0 Å². The molecular formula is C17H18N2O2S. The molecular weight excluding hydrogens is 296 g/mol. The molecule has 0 radical (unpaired) electrons. The topological polar surface area (TPSA) is 58.2 Å². The van der Waals surface area contributed by atoms with Gasteiger partial charge in [-0.3, -0.25) is 0 Å². The van der Waals surface area contributed by atoms with Crippen molar-refractivity contribution < 1.29 is 8.42 Å². The minimum absolute atomic E-state index is 0.298. The lowest BCUT2D eigenvalue weighted by molar-refractivity contribution is 0.575. The molecule has 0 spiro atoms. The van der Waals surface area contributed by atoms with Crippen molar-refractivity contribution in [3.8, 4) is 0 Å². The number of hydrazine groups is 1. The SMILES string of the molecule is Cc1ccc(C)c(S(=O)(=O)NNC2=CCc3ccccc32)c1. The van der Waals surface area contributed by atoms with Crippen molar-refractivity contribution in [3.63, 3.8) is 0 Å². The second-order valence-corrected chi connectivity index (χ2v) is 7.13. The third-order valence-electron chi connectivity index (χ3n) is 3.79. The highest BCUT2D eigenvalue weighted by atomic mass is 32.2. The van der Waals surface area contributed by atoms with Gasteiger partial charge in [0, 0.05) is 5.56 Å². The quantitative estimate of drug-likeness (QED) is 0.853. The predicted molar refractivity (Wildman–Crippen MR) is 87.5 cm³/mol. The van der Waals surface area contributed by atoms with Crippen LogP contribution in [0.4, 0.5) is 0 Å². The molecule has 22 heavy (non-hydrogen) atoms. The fourth-order valence-electron chi connectivity index (χ4n) is 2.58. The summed E-state index contributed by atoms with van der Waals surface area (Å²) in [4.78, 5) is 2.78. The molecule has 0 fully saturated rings. The Labute approximate surface area is 130 Å². The van der Waals surface area contributed by atoms with E-state index in [0.29, 0.717) is 4.90 Å². The molecule has 0 saturated heterocycles. The van der Waals surface area contributed by atoms with Crippen LogP contribution in [0, 0.1) is 13.8 Å². The summed E-state index contributed by atoms with van der Waals surface area (Å²) < 4.78 is 24.9. The van der Waals surface area contributed by atoms with Crippen LogP contribution in [-0.4, -0.2) is 8.42 Å². The molecule has 0 saturated carbocycles. The number of aryl methyl sites for hydroxylation is 2. The van der Waals surface area contributed by atoms with Gasteiger partial charge in [0.05, 0.1) is 10.6 Å². The lowest BCUT2D eigenvalue weighted by Crippen LogP contribution is -2.36. The molecule has 2 aromatic rings. The summed E-state index contributed by atoms with van der Waals surface area (Å²) in [6, 6.07) is 13.3. The second-order valence-electron chi connectivity index (χ2n) is 5.48. The normalized spacial score (nSPS) is 13.6. The van der Waals surface area contributed by atoms with Crippen molar-refractivity contribution in [2.24, 2.45) is 0 Å². The number of sulfonamides is 1. The number of benzene rings is 2. The molecule has 4 nitrogen and oxygen atoms in total. The largest absolute Gasteiger partial charge is 0.308 e. The Hall–Kier alpha value is -2.11. The van der Waals surface area contributed by atoms with Crippen molar-refractivity contribution in [1.29, 1.82) is 0 Å². The van der Waals surface area contributed by atoms with Crippen LogP contribution in [0.1, 0.15) is 22.3 Å². The molecule has 5 heteroatoms. The number of allylic oxidation sites excluding steroid dienone is 1. The maximum Gasteiger partial charge on any atom is 0.257 e. The zero-order valence-corrected chi connectivity index (χ0v) is 13.4. The molecule has 0 atom stereocenters. The minimum atomic E-state index is -3.61. The van der Waals surface area contributed by atoms with Gasteiger partial charge in [-0.15, -0.1) is 4.83 Å². The molecule has 114 valence electrons. The fourth-order valence-corrected chi connectivity index (χ4v) is 3.76. The van der Waals surface area contributed by atoms with Crippen LogP contribution in [0.5, 0.6) is 0 Å². The van der Waals surface area contributed by atoms with Crippen LogP contribution in [0.15, 0.2) is 53.4 Å². The zero-order valence-electron chi connectivity index (χ0n) is 12.6. The summed E-state index contributed by atoms with van der Waals surface area (Å²) in [6.45, 7) is 3.67. The molecule has 2 aromatic carbocycles. The van der Waals surface area contributed by atoms with Gasteiger partial charge in [0.2, 0.25) is 0 Å². The van der Waals surface area contributed by atoms with E-state index in [1.54, 1.807) is 13.0 Å². The molecule has 1 aliphatic rings. The lowest BCUT2D eigenvalue weighted by atomic mass is 10.1. The number of rotatable bonds is 4. The predicted octanol–water partition coefficient (Wildman–Crippen LogP) is 2.68. The Morgan fingerprint density at radius 1 is 1.05 bits per heavy atom. The summed E-state index contributed by atoms with van der Waals surface area (Å²) in [6.07, 6.45) is 2.79. The van der Waals surface area contributed by atoms with E-state index in [1.165, 1.54) is 5.56 Å². The maximum atomic E-state index is 12.5. The van der Waals surface area contributed by atoms with Crippen molar-refractivity contribution in [2.75, 3.05) is 0 Å². The van der Waals surface area contributed by atoms with Crippen molar-refractivity contribution >= 4 is 15.7 Å². The molecule has 0 aliphatic heterocycles. The van der Waals surface area contributed by atoms with Crippen molar-refractivity contribution in [2.45, 2.75) is 25.2 Å². The van der Waals surface area contributed by atoms with E-state index in [4.69, 9.17) is 0 Å². The molecule has 2 N–H and O–H groups in total. The number of nitrogens with one attached hydrogen (secondary N) is 2. The first kappa shape index (κ1) is 14.8.